The molecule has 1 heterocycles. The lowest BCUT2D eigenvalue weighted by Crippen LogP contribution is -2.26. The number of benzene rings is 1. The van der Waals surface area contributed by atoms with E-state index in [1.165, 1.54) is 16.4 Å². The molecule has 1 aromatic heterocycles. The molecule has 3 N–H and O–H groups in total. The lowest BCUT2D eigenvalue weighted by Gasteiger charge is -2.08. The first-order valence-electron chi connectivity index (χ1n) is 8.79. The maximum absolute atomic E-state index is 11.8. The highest BCUT2D eigenvalue weighted by atomic mass is 32.2. The third-order valence-corrected chi connectivity index (χ3v) is 4.68. The van der Waals surface area contributed by atoms with Crippen molar-refractivity contribution in [3.8, 4) is 5.75 Å². The third-order valence-electron chi connectivity index (χ3n) is 3.73. The largest absolute Gasteiger partial charge is 0.486 e. The molecule has 0 bridgehead atoms. The van der Waals surface area contributed by atoms with Crippen molar-refractivity contribution in [3.05, 3.63) is 35.2 Å². The maximum Gasteiger partial charge on any atom is 0.230 e. The monoisotopic (exact) mass is 377 g/mol. The SMILES string of the molecule is CCCCCNC(=O)CSc1nnc(COc2cc(C)cc(C)c2)n1N. The molecule has 0 saturated carbocycles. The van der Waals surface area contributed by atoms with Crippen LogP contribution in [0.1, 0.15) is 43.1 Å². The van der Waals surface area contributed by atoms with Gasteiger partial charge < -0.3 is 15.9 Å². The van der Waals surface area contributed by atoms with Crippen LogP contribution in [0.3, 0.4) is 0 Å². The van der Waals surface area contributed by atoms with Gasteiger partial charge in [0.05, 0.1) is 5.75 Å². The number of carbonyl (C=O) groups is 1. The van der Waals surface area contributed by atoms with Crippen LogP contribution in [0.2, 0.25) is 0 Å². The third kappa shape index (κ3) is 6.25. The van der Waals surface area contributed by atoms with Crippen LogP contribution in [0.4, 0.5) is 0 Å². The van der Waals surface area contributed by atoms with Crippen molar-refractivity contribution in [2.45, 2.75) is 51.8 Å². The molecule has 0 saturated heterocycles. The summed E-state index contributed by atoms with van der Waals surface area (Å²) in [6.07, 6.45) is 3.25. The highest BCUT2D eigenvalue weighted by Crippen LogP contribution is 2.18. The van der Waals surface area contributed by atoms with E-state index in [-0.39, 0.29) is 18.3 Å². The number of thioether (sulfide) groups is 1. The number of aryl methyl sites for hydroxylation is 2. The summed E-state index contributed by atoms with van der Waals surface area (Å²) in [5, 5.41) is 11.5. The van der Waals surface area contributed by atoms with Gasteiger partial charge in [0.25, 0.3) is 0 Å². The lowest BCUT2D eigenvalue weighted by atomic mass is 10.1. The average molecular weight is 378 g/mol. The summed E-state index contributed by atoms with van der Waals surface area (Å²) in [7, 11) is 0. The Morgan fingerprint density at radius 3 is 2.65 bits per heavy atom. The molecule has 1 amide bonds. The van der Waals surface area contributed by atoms with E-state index in [1.807, 2.05) is 26.0 Å². The molecule has 0 unspecified atom stereocenters. The van der Waals surface area contributed by atoms with Gasteiger partial charge in [-0.05, 0) is 43.5 Å². The highest BCUT2D eigenvalue weighted by Gasteiger charge is 2.13. The summed E-state index contributed by atoms with van der Waals surface area (Å²) < 4.78 is 7.13. The number of amides is 1. The summed E-state index contributed by atoms with van der Waals surface area (Å²) >= 11 is 1.26. The minimum atomic E-state index is -0.0258. The number of aromatic nitrogens is 3. The smallest absolute Gasteiger partial charge is 0.230 e. The molecule has 0 fully saturated rings. The lowest BCUT2D eigenvalue weighted by molar-refractivity contribution is -0.118. The van der Waals surface area contributed by atoms with Gasteiger partial charge in [0.15, 0.2) is 5.82 Å². The molecule has 0 spiro atoms. The van der Waals surface area contributed by atoms with Gasteiger partial charge in [0.2, 0.25) is 11.1 Å². The Kier molecular flexibility index (Phi) is 7.77. The van der Waals surface area contributed by atoms with Gasteiger partial charge in [-0.15, -0.1) is 10.2 Å². The van der Waals surface area contributed by atoms with E-state index in [9.17, 15) is 4.79 Å². The van der Waals surface area contributed by atoms with Crippen molar-refractivity contribution in [1.82, 2.24) is 20.2 Å². The Labute approximate surface area is 158 Å². The van der Waals surface area contributed by atoms with E-state index in [2.05, 4.69) is 28.5 Å². The van der Waals surface area contributed by atoms with Gasteiger partial charge in [0, 0.05) is 6.54 Å². The minimum absolute atomic E-state index is 0.0258. The fourth-order valence-electron chi connectivity index (χ4n) is 2.45. The quantitative estimate of drug-likeness (QED) is 0.375. The van der Waals surface area contributed by atoms with E-state index in [0.29, 0.717) is 17.5 Å². The molecule has 8 heteroatoms. The molecule has 1 aromatic carbocycles. The number of rotatable bonds is 10. The Bertz CT molecular complexity index is 712. The summed E-state index contributed by atoms with van der Waals surface area (Å²) in [6, 6.07) is 6.01. The van der Waals surface area contributed by atoms with E-state index >= 15 is 0 Å². The van der Waals surface area contributed by atoms with Gasteiger partial charge in [-0.25, -0.2) is 4.68 Å². The van der Waals surface area contributed by atoms with Crippen LogP contribution in [0, 0.1) is 13.8 Å². The predicted molar refractivity (Wildman–Crippen MR) is 104 cm³/mol. The van der Waals surface area contributed by atoms with E-state index in [1.54, 1.807) is 0 Å². The molecule has 2 aromatic rings. The first-order chi connectivity index (χ1) is 12.5. The molecule has 0 atom stereocenters. The minimum Gasteiger partial charge on any atom is -0.486 e. The number of nitrogen functional groups attached to an aromatic ring is 1. The first kappa shape index (κ1) is 20.1. The van der Waals surface area contributed by atoms with E-state index in [4.69, 9.17) is 10.6 Å². The van der Waals surface area contributed by atoms with Crippen LogP contribution in [-0.2, 0) is 11.4 Å². The summed E-state index contributed by atoms with van der Waals surface area (Å²) in [5.74, 6) is 7.53. The predicted octanol–water partition coefficient (Wildman–Crippen LogP) is 2.59. The standard InChI is InChI=1S/C18H27N5O2S/c1-4-5-6-7-20-17(24)12-26-18-22-21-16(23(18)19)11-25-15-9-13(2)8-14(3)10-15/h8-10H,4-7,11-12,19H2,1-3H3,(H,20,24). The van der Waals surface area contributed by atoms with Crippen molar-refractivity contribution in [3.63, 3.8) is 0 Å². The number of nitrogens with one attached hydrogen (secondary N) is 1. The zero-order valence-electron chi connectivity index (χ0n) is 15.6. The molecule has 0 aliphatic carbocycles. The first-order valence-corrected chi connectivity index (χ1v) is 9.78. The Morgan fingerprint density at radius 2 is 1.96 bits per heavy atom. The molecule has 2 rings (SSSR count). The van der Waals surface area contributed by atoms with Gasteiger partial charge in [-0.1, -0.05) is 37.6 Å². The van der Waals surface area contributed by atoms with E-state index < -0.39 is 0 Å². The summed E-state index contributed by atoms with van der Waals surface area (Å²) in [4.78, 5) is 11.8. The number of hydrogen-bond acceptors (Lipinski definition) is 6. The Hall–Kier alpha value is -2.22. The molecular weight excluding hydrogens is 350 g/mol. The molecule has 7 nitrogen and oxygen atoms in total. The zero-order valence-corrected chi connectivity index (χ0v) is 16.4. The normalized spacial score (nSPS) is 10.7. The fraction of sp³-hybridized carbons (Fsp3) is 0.500. The zero-order chi connectivity index (χ0) is 18.9. The van der Waals surface area contributed by atoms with Crippen LogP contribution in [0.15, 0.2) is 23.4 Å². The van der Waals surface area contributed by atoms with Crippen LogP contribution >= 0.6 is 11.8 Å². The second-order valence-corrected chi connectivity index (χ2v) is 7.17. The number of hydrogen-bond donors (Lipinski definition) is 2. The molecule has 0 radical (unpaired) electrons. The van der Waals surface area contributed by atoms with Crippen LogP contribution in [0.5, 0.6) is 5.75 Å². The Balaban J connectivity index is 1.82. The molecule has 142 valence electrons. The average Bonchev–Trinajstić information content (AvgIpc) is 2.94. The van der Waals surface area contributed by atoms with E-state index in [0.717, 1.165) is 36.1 Å². The maximum atomic E-state index is 11.8. The topological polar surface area (TPSA) is 95.1 Å². The van der Waals surface area contributed by atoms with Crippen molar-refractivity contribution in [1.29, 1.82) is 0 Å². The van der Waals surface area contributed by atoms with Gasteiger partial charge >= 0.3 is 0 Å². The van der Waals surface area contributed by atoms with Crippen molar-refractivity contribution >= 4 is 17.7 Å². The highest BCUT2D eigenvalue weighted by molar-refractivity contribution is 7.99. The van der Waals surface area contributed by atoms with Crippen molar-refractivity contribution < 1.29 is 9.53 Å². The molecule has 26 heavy (non-hydrogen) atoms. The van der Waals surface area contributed by atoms with Crippen molar-refractivity contribution in [2.24, 2.45) is 0 Å². The number of carbonyl (C=O) groups excluding carboxylic acids is 1. The number of nitrogens with zero attached hydrogens (tertiary/aromatic N) is 3. The van der Waals surface area contributed by atoms with Crippen molar-refractivity contribution in [2.75, 3.05) is 18.1 Å². The van der Waals surface area contributed by atoms with Crippen LogP contribution in [0.25, 0.3) is 0 Å². The fourth-order valence-corrected chi connectivity index (χ4v) is 3.16. The second kappa shape index (κ2) is 10.1. The Morgan fingerprint density at radius 1 is 1.23 bits per heavy atom. The molecule has 0 aliphatic rings. The van der Waals surface area contributed by atoms with Gasteiger partial charge in [-0.3, -0.25) is 4.79 Å². The molecular formula is C18H27N5O2S. The molecule has 0 aliphatic heterocycles. The summed E-state index contributed by atoms with van der Waals surface area (Å²) in [5.41, 5.74) is 2.27. The van der Waals surface area contributed by atoms with Gasteiger partial charge in [0.1, 0.15) is 12.4 Å². The summed E-state index contributed by atoms with van der Waals surface area (Å²) in [6.45, 7) is 7.10. The van der Waals surface area contributed by atoms with Crippen LogP contribution < -0.4 is 15.9 Å². The number of unbranched alkanes of at least 4 members (excludes halogenated alkanes) is 2. The number of ether oxygens (including phenoxy) is 1. The second-order valence-electron chi connectivity index (χ2n) is 6.23. The van der Waals surface area contributed by atoms with Gasteiger partial charge in [-0.2, -0.15) is 0 Å². The number of nitrogens with two attached hydrogens (primary N) is 1. The van der Waals surface area contributed by atoms with Crippen LogP contribution in [-0.4, -0.2) is 33.1 Å².